The number of unbranched alkanes of at least 4 members (excludes halogenated alkanes) is 3. The van der Waals surface area contributed by atoms with Crippen molar-refractivity contribution in [2.24, 2.45) is 17.8 Å². The van der Waals surface area contributed by atoms with Gasteiger partial charge in [0.05, 0.1) is 152 Å². The zero-order valence-electron chi connectivity index (χ0n) is 44.1. The van der Waals surface area contributed by atoms with E-state index in [9.17, 15) is 4.79 Å². The van der Waals surface area contributed by atoms with Gasteiger partial charge in [-0.3, -0.25) is 4.79 Å². The Bertz CT molecular complexity index is 1100. The SMILES string of the molecule is COCCOCCOCCOCCOCCOCCOCCOCCOCCOCCOCCOCCC(=O)CCC1CCN(CCCCCCN2CCC(CCCC3CCN(C)CC3)CC2)CC1. The minimum Gasteiger partial charge on any atom is -0.382 e. The van der Waals surface area contributed by atoms with Crippen molar-refractivity contribution in [2.75, 3.05) is 218 Å². The van der Waals surface area contributed by atoms with E-state index in [1.165, 1.54) is 136 Å². The zero-order valence-corrected chi connectivity index (χ0v) is 44.1. The average molecular weight is 990 g/mol. The Labute approximate surface area is 420 Å². The van der Waals surface area contributed by atoms with Gasteiger partial charge >= 0.3 is 0 Å². The first kappa shape index (κ1) is 62.4. The topological polar surface area (TPSA) is 138 Å². The lowest BCUT2D eigenvalue weighted by molar-refractivity contribution is -0.120. The molecule has 0 aromatic rings. The number of methoxy groups -OCH3 is 1. The minimum atomic E-state index is 0.321. The molecule has 0 atom stereocenters. The first-order chi connectivity index (χ1) is 34.1. The van der Waals surface area contributed by atoms with E-state index >= 15 is 0 Å². The third-order valence-corrected chi connectivity index (χ3v) is 13.7. The number of rotatable bonds is 50. The van der Waals surface area contributed by atoms with Gasteiger partial charge in [-0.05, 0) is 135 Å². The Hall–Kier alpha value is -0.930. The number of ketones is 1. The highest BCUT2D eigenvalue weighted by Gasteiger charge is 2.22. The summed E-state index contributed by atoms with van der Waals surface area (Å²) in [4.78, 5) is 20.4. The minimum absolute atomic E-state index is 0.321. The molecule has 3 fully saturated rings. The predicted octanol–water partition coefficient (Wildman–Crippen LogP) is 6.05. The maximum Gasteiger partial charge on any atom is 0.135 e. The molecule has 0 N–H and O–H groups in total. The molecule has 0 amide bonds. The fourth-order valence-electron chi connectivity index (χ4n) is 9.19. The molecular formula is C53H103N3O13. The van der Waals surface area contributed by atoms with Crippen molar-refractivity contribution < 1.29 is 61.6 Å². The molecule has 0 radical (unpaired) electrons. The lowest BCUT2D eigenvalue weighted by atomic mass is 9.87. The Kier molecular flexibility index (Phi) is 42.3. The molecule has 69 heavy (non-hydrogen) atoms. The molecule has 16 nitrogen and oxygen atoms in total. The molecule has 0 spiro atoms. The van der Waals surface area contributed by atoms with Crippen LogP contribution < -0.4 is 0 Å². The molecule has 0 aromatic heterocycles. The summed E-state index contributed by atoms with van der Waals surface area (Å²) in [6, 6.07) is 0. The van der Waals surface area contributed by atoms with E-state index in [0.717, 1.165) is 18.3 Å². The molecule has 408 valence electrons. The highest BCUT2D eigenvalue weighted by molar-refractivity contribution is 5.78. The van der Waals surface area contributed by atoms with Gasteiger partial charge in [-0.25, -0.2) is 0 Å². The van der Waals surface area contributed by atoms with Crippen molar-refractivity contribution in [1.82, 2.24) is 14.7 Å². The van der Waals surface area contributed by atoms with E-state index in [4.69, 9.17) is 56.8 Å². The number of hydrogen-bond donors (Lipinski definition) is 0. The summed E-state index contributed by atoms with van der Waals surface area (Å²) in [6.07, 6.45) is 20.2. The lowest BCUT2D eigenvalue weighted by Crippen LogP contribution is -2.35. The molecule has 3 rings (SSSR count). The quantitative estimate of drug-likeness (QED) is 0.0654. The molecule has 3 aliphatic heterocycles. The van der Waals surface area contributed by atoms with Crippen molar-refractivity contribution in [3.63, 3.8) is 0 Å². The number of nitrogens with zero attached hydrogens (tertiary/aromatic N) is 3. The summed E-state index contributed by atoms with van der Waals surface area (Å²) in [5.41, 5.74) is 0. The van der Waals surface area contributed by atoms with Gasteiger partial charge in [-0.2, -0.15) is 0 Å². The van der Waals surface area contributed by atoms with Gasteiger partial charge in [0.2, 0.25) is 0 Å². The third kappa shape index (κ3) is 38.3. The van der Waals surface area contributed by atoms with Crippen molar-refractivity contribution in [3.05, 3.63) is 0 Å². The third-order valence-electron chi connectivity index (χ3n) is 13.7. The van der Waals surface area contributed by atoms with Crippen LogP contribution in [0.2, 0.25) is 0 Å². The van der Waals surface area contributed by atoms with E-state index in [2.05, 4.69) is 21.7 Å². The number of carbonyl (C=O) groups is 1. The van der Waals surface area contributed by atoms with Crippen LogP contribution in [-0.4, -0.2) is 239 Å². The molecule has 3 saturated heterocycles. The summed E-state index contributed by atoms with van der Waals surface area (Å²) in [5.74, 6) is 2.99. The van der Waals surface area contributed by atoms with Gasteiger partial charge in [-0.15, -0.1) is 0 Å². The van der Waals surface area contributed by atoms with Crippen molar-refractivity contribution in [1.29, 1.82) is 0 Å². The number of Topliss-reactive ketones (excluding diaryl/α,β-unsaturated/α-hetero) is 1. The summed E-state index contributed by atoms with van der Waals surface area (Å²) in [7, 11) is 3.92. The summed E-state index contributed by atoms with van der Waals surface area (Å²) < 4.78 is 65.5. The number of ether oxygens (including phenoxy) is 12. The Morgan fingerprint density at radius 1 is 0.348 bits per heavy atom. The number of carbonyl (C=O) groups excluding carboxylic acids is 1. The van der Waals surface area contributed by atoms with Crippen molar-refractivity contribution in [3.8, 4) is 0 Å². The average Bonchev–Trinajstić information content (AvgIpc) is 3.37. The second kappa shape index (κ2) is 46.8. The maximum absolute atomic E-state index is 12.5. The van der Waals surface area contributed by atoms with E-state index in [1.54, 1.807) is 7.11 Å². The lowest BCUT2D eigenvalue weighted by Gasteiger charge is -2.33. The number of hydrogen-bond acceptors (Lipinski definition) is 16. The van der Waals surface area contributed by atoms with Crippen LogP contribution in [0.3, 0.4) is 0 Å². The van der Waals surface area contributed by atoms with Crippen LogP contribution >= 0.6 is 0 Å². The van der Waals surface area contributed by atoms with Gasteiger partial charge in [-0.1, -0.05) is 32.1 Å². The number of piperidine rings is 3. The molecule has 0 bridgehead atoms. The van der Waals surface area contributed by atoms with E-state index < -0.39 is 0 Å². The van der Waals surface area contributed by atoms with Crippen LogP contribution in [0, 0.1) is 17.8 Å². The van der Waals surface area contributed by atoms with Gasteiger partial charge in [0.25, 0.3) is 0 Å². The molecule has 0 unspecified atom stereocenters. The fourth-order valence-corrected chi connectivity index (χ4v) is 9.19. The van der Waals surface area contributed by atoms with Gasteiger partial charge < -0.3 is 71.5 Å². The standard InChI is InChI=1S/C53H103N3O13/c1-54-21-12-50(13-22-54)8-7-9-51-14-23-55(24-15-51)19-5-3-4-6-20-56-25-16-52(17-26-56)10-11-53(57)18-27-59-30-31-61-34-35-63-38-39-65-42-43-67-46-47-69-49-48-68-45-44-66-41-40-64-37-36-62-33-32-60-29-28-58-2/h50-52H,3-49H2,1-2H3. The van der Waals surface area contributed by atoms with Gasteiger partial charge in [0, 0.05) is 20.0 Å². The second-order valence-electron chi connectivity index (χ2n) is 19.2. The molecule has 16 heteroatoms. The molecule has 3 aliphatic rings. The van der Waals surface area contributed by atoms with Crippen LogP contribution in [0.4, 0.5) is 0 Å². The summed E-state index contributed by atoms with van der Waals surface area (Å²) in [6.45, 7) is 22.1. The highest BCUT2D eigenvalue weighted by Crippen LogP contribution is 2.27. The molecule has 3 heterocycles. The Balaban J connectivity index is 0.924. The Morgan fingerprint density at radius 2 is 0.638 bits per heavy atom. The maximum atomic E-state index is 12.5. The highest BCUT2D eigenvalue weighted by atomic mass is 16.6. The molecule has 0 aromatic carbocycles. The van der Waals surface area contributed by atoms with E-state index in [0.29, 0.717) is 177 Å². The van der Waals surface area contributed by atoms with Crippen molar-refractivity contribution >= 4 is 5.78 Å². The number of likely N-dealkylation sites (tertiary alicyclic amines) is 3. The largest absolute Gasteiger partial charge is 0.382 e. The van der Waals surface area contributed by atoms with Gasteiger partial charge in [0.1, 0.15) is 5.78 Å². The molecular weight excluding hydrogens is 887 g/mol. The van der Waals surface area contributed by atoms with Crippen LogP contribution in [0.1, 0.15) is 103 Å². The second-order valence-corrected chi connectivity index (χ2v) is 19.2. The van der Waals surface area contributed by atoms with Crippen LogP contribution in [-0.2, 0) is 61.6 Å². The molecule has 0 aliphatic carbocycles. The van der Waals surface area contributed by atoms with Gasteiger partial charge in [0.15, 0.2) is 0 Å². The first-order valence-corrected chi connectivity index (χ1v) is 27.6. The van der Waals surface area contributed by atoms with Crippen LogP contribution in [0.5, 0.6) is 0 Å². The summed E-state index contributed by atoms with van der Waals surface area (Å²) >= 11 is 0. The Morgan fingerprint density at radius 3 is 0.971 bits per heavy atom. The van der Waals surface area contributed by atoms with Crippen LogP contribution in [0.15, 0.2) is 0 Å². The summed E-state index contributed by atoms with van der Waals surface area (Å²) in [5, 5.41) is 0. The van der Waals surface area contributed by atoms with E-state index in [-0.39, 0.29) is 0 Å². The van der Waals surface area contributed by atoms with Crippen molar-refractivity contribution in [2.45, 2.75) is 103 Å². The predicted molar refractivity (Wildman–Crippen MR) is 271 cm³/mol. The molecule has 0 saturated carbocycles. The zero-order chi connectivity index (χ0) is 48.8. The fraction of sp³-hybridized carbons (Fsp3) is 0.981. The van der Waals surface area contributed by atoms with Crippen LogP contribution in [0.25, 0.3) is 0 Å². The normalized spacial score (nSPS) is 17.4. The monoisotopic (exact) mass is 990 g/mol. The first-order valence-electron chi connectivity index (χ1n) is 27.6. The smallest absolute Gasteiger partial charge is 0.135 e. The van der Waals surface area contributed by atoms with E-state index in [1.807, 2.05) is 0 Å².